The molecule has 3 aromatic rings. The summed E-state index contributed by atoms with van der Waals surface area (Å²) in [4.78, 5) is 12.2. The van der Waals surface area contributed by atoms with Gasteiger partial charge in [-0.25, -0.2) is 14.2 Å². The molecule has 0 atom stereocenters. The summed E-state index contributed by atoms with van der Waals surface area (Å²) in [5.41, 5.74) is 3.96. The molecule has 1 aromatic heterocycles. The van der Waals surface area contributed by atoms with Gasteiger partial charge in [0.15, 0.2) is 5.76 Å². The zero-order valence-corrected chi connectivity index (χ0v) is 13.1. The summed E-state index contributed by atoms with van der Waals surface area (Å²) in [5, 5.41) is 4.71. The van der Waals surface area contributed by atoms with Gasteiger partial charge in [-0.3, -0.25) is 4.79 Å². The lowest BCUT2D eigenvalue weighted by atomic mass is 10.1. The standard InChI is InChI=1S/C18H14F2N2O2/c1-10-13-5-3-4-6-16(13)24-17(10)18(23)22-21-11(2)14-8-7-12(19)9-15(14)20/h3-9H,1-2H3,(H,22,23)/b21-11-. The first-order chi connectivity index (χ1) is 11.5. The molecule has 0 saturated carbocycles. The van der Waals surface area contributed by atoms with Crippen molar-refractivity contribution in [3.8, 4) is 0 Å². The Bertz CT molecular complexity index is 961. The van der Waals surface area contributed by atoms with Crippen molar-refractivity contribution in [2.45, 2.75) is 13.8 Å². The van der Waals surface area contributed by atoms with E-state index in [2.05, 4.69) is 10.5 Å². The number of aryl methyl sites for hydroxylation is 1. The second-order valence-electron chi connectivity index (χ2n) is 5.31. The zero-order valence-electron chi connectivity index (χ0n) is 13.1. The van der Waals surface area contributed by atoms with Crippen LogP contribution in [0.3, 0.4) is 0 Å². The monoisotopic (exact) mass is 328 g/mol. The van der Waals surface area contributed by atoms with Crippen LogP contribution in [0.15, 0.2) is 52.0 Å². The molecule has 0 unspecified atom stereocenters. The van der Waals surface area contributed by atoms with E-state index in [9.17, 15) is 13.6 Å². The van der Waals surface area contributed by atoms with Crippen molar-refractivity contribution >= 4 is 22.6 Å². The number of carbonyl (C=O) groups excluding carboxylic acids is 1. The fraction of sp³-hybridized carbons (Fsp3) is 0.111. The minimum absolute atomic E-state index is 0.109. The summed E-state index contributed by atoms with van der Waals surface area (Å²) >= 11 is 0. The zero-order chi connectivity index (χ0) is 17.3. The number of nitrogens with one attached hydrogen (secondary N) is 1. The normalized spacial score (nSPS) is 11.8. The molecule has 122 valence electrons. The molecule has 2 aromatic carbocycles. The molecule has 0 saturated heterocycles. The van der Waals surface area contributed by atoms with E-state index in [4.69, 9.17) is 4.42 Å². The van der Waals surface area contributed by atoms with Gasteiger partial charge in [0.1, 0.15) is 17.2 Å². The molecule has 1 amide bonds. The number of hydrogen-bond acceptors (Lipinski definition) is 3. The van der Waals surface area contributed by atoms with E-state index in [-0.39, 0.29) is 17.0 Å². The summed E-state index contributed by atoms with van der Waals surface area (Å²) in [6.07, 6.45) is 0. The number of rotatable bonds is 3. The maximum atomic E-state index is 13.7. The van der Waals surface area contributed by atoms with Crippen LogP contribution in [0.5, 0.6) is 0 Å². The Hall–Kier alpha value is -3.02. The van der Waals surface area contributed by atoms with Crippen molar-refractivity contribution in [2.24, 2.45) is 5.10 Å². The van der Waals surface area contributed by atoms with Gasteiger partial charge in [-0.05, 0) is 32.0 Å². The molecule has 0 radical (unpaired) electrons. The van der Waals surface area contributed by atoms with E-state index >= 15 is 0 Å². The topological polar surface area (TPSA) is 54.6 Å². The van der Waals surface area contributed by atoms with Gasteiger partial charge in [0, 0.05) is 22.6 Å². The van der Waals surface area contributed by atoms with Crippen LogP contribution in [0.25, 0.3) is 11.0 Å². The van der Waals surface area contributed by atoms with Crippen molar-refractivity contribution < 1.29 is 18.0 Å². The largest absolute Gasteiger partial charge is 0.451 e. The third-order valence-corrected chi connectivity index (χ3v) is 3.70. The van der Waals surface area contributed by atoms with Crippen molar-refractivity contribution in [3.05, 3.63) is 71.0 Å². The lowest BCUT2D eigenvalue weighted by molar-refractivity contribution is 0.0928. The fourth-order valence-corrected chi connectivity index (χ4v) is 2.42. The Balaban J connectivity index is 1.84. The number of nitrogens with zero attached hydrogens (tertiary/aromatic N) is 1. The quantitative estimate of drug-likeness (QED) is 0.579. The molecule has 6 heteroatoms. The first kappa shape index (κ1) is 15.9. The molecule has 1 N–H and O–H groups in total. The van der Waals surface area contributed by atoms with Crippen molar-refractivity contribution in [3.63, 3.8) is 0 Å². The predicted molar refractivity (Wildman–Crippen MR) is 87.0 cm³/mol. The summed E-state index contributed by atoms with van der Waals surface area (Å²) in [5.74, 6) is -1.81. The maximum absolute atomic E-state index is 13.7. The average molecular weight is 328 g/mol. The second-order valence-corrected chi connectivity index (χ2v) is 5.31. The number of hydrazone groups is 1. The number of halogens is 2. The number of carbonyl (C=O) groups is 1. The van der Waals surface area contributed by atoms with Crippen molar-refractivity contribution in [2.75, 3.05) is 0 Å². The highest BCUT2D eigenvalue weighted by Crippen LogP contribution is 2.24. The van der Waals surface area contributed by atoms with Crippen LogP contribution in [0, 0.1) is 18.6 Å². The van der Waals surface area contributed by atoms with Gasteiger partial charge in [0.05, 0.1) is 5.71 Å². The lowest BCUT2D eigenvalue weighted by Gasteiger charge is -2.03. The molecular formula is C18H14F2N2O2. The van der Waals surface area contributed by atoms with Gasteiger partial charge < -0.3 is 4.42 Å². The third-order valence-electron chi connectivity index (χ3n) is 3.70. The Morgan fingerprint density at radius 1 is 1.17 bits per heavy atom. The molecule has 0 aliphatic heterocycles. The molecule has 24 heavy (non-hydrogen) atoms. The first-order valence-electron chi connectivity index (χ1n) is 7.25. The number of hydrogen-bond donors (Lipinski definition) is 1. The third kappa shape index (κ3) is 2.90. The Labute approximate surface area is 136 Å². The molecule has 0 fully saturated rings. The van der Waals surface area contributed by atoms with Crippen LogP contribution in [0.2, 0.25) is 0 Å². The van der Waals surface area contributed by atoms with E-state index in [1.54, 1.807) is 13.0 Å². The van der Waals surface area contributed by atoms with E-state index < -0.39 is 17.5 Å². The Kier molecular flexibility index (Phi) is 4.12. The maximum Gasteiger partial charge on any atom is 0.307 e. The predicted octanol–water partition coefficient (Wildman–Crippen LogP) is 4.17. The van der Waals surface area contributed by atoms with Crippen LogP contribution in [-0.2, 0) is 0 Å². The minimum Gasteiger partial charge on any atom is -0.451 e. The van der Waals surface area contributed by atoms with Gasteiger partial charge in [-0.2, -0.15) is 5.10 Å². The molecule has 0 aliphatic carbocycles. The second kappa shape index (κ2) is 6.23. The molecule has 0 aliphatic rings. The number of benzene rings is 2. The summed E-state index contributed by atoms with van der Waals surface area (Å²) in [7, 11) is 0. The Morgan fingerprint density at radius 3 is 2.62 bits per heavy atom. The highest BCUT2D eigenvalue weighted by Gasteiger charge is 2.17. The van der Waals surface area contributed by atoms with E-state index in [0.717, 1.165) is 17.5 Å². The molecule has 0 bridgehead atoms. The molecule has 3 rings (SSSR count). The SMILES string of the molecule is C/C(=N/NC(=O)c1oc2ccccc2c1C)c1ccc(F)cc1F. The van der Waals surface area contributed by atoms with Crippen LogP contribution >= 0.6 is 0 Å². The van der Waals surface area contributed by atoms with Crippen LogP contribution in [0.4, 0.5) is 8.78 Å². The first-order valence-corrected chi connectivity index (χ1v) is 7.25. The molecule has 4 nitrogen and oxygen atoms in total. The fourth-order valence-electron chi connectivity index (χ4n) is 2.42. The molecular weight excluding hydrogens is 314 g/mol. The molecule has 0 spiro atoms. The van der Waals surface area contributed by atoms with E-state index in [1.807, 2.05) is 18.2 Å². The average Bonchev–Trinajstić information content (AvgIpc) is 2.90. The Morgan fingerprint density at radius 2 is 1.92 bits per heavy atom. The highest BCUT2D eigenvalue weighted by molar-refractivity contribution is 6.02. The van der Waals surface area contributed by atoms with Crippen molar-refractivity contribution in [1.29, 1.82) is 0 Å². The van der Waals surface area contributed by atoms with Gasteiger partial charge >= 0.3 is 5.91 Å². The van der Waals surface area contributed by atoms with Crippen LogP contribution < -0.4 is 5.43 Å². The van der Waals surface area contributed by atoms with Gasteiger partial charge in [0.25, 0.3) is 0 Å². The smallest absolute Gasteiger partial charge is 0.307 e. The van der Waals surface area contributed by atoms with Gasteiger partial charge in [-0.15, -0.1) is 0 Å². The highest BCUT2D eigenvalue weighted by atomic mass is 19.1. The number of amides is 1. The lowest BCUT2D eigenvalue weighted by Crippen LogP contribution is -2.19. The number of para-hydroxylation sites is 1. The number of furan rings is 1. The van der Waals surface area contributed by atoms with Gasteiger partial charge in [0.2, 0.25) is 0 Å². The van der Waals surface area contributed by atoms with E-state index in [1.165, 1.54) is 13.0 Å². The van der Waals surface area contributed by atoms with Gasteiger partial charge in [-0.1, -0.05) is 18.2 Å². The van der Waals surface area contributed by atoms with Crippen molar-refractivity contribution in [1.82, 2.24) is 5.43 Å². The summed E-state index contributed by atoms with van der Waals surface area (Å²) < 4.78 is 32.2. The summed E-state index contributed by atoms with van der Waals surface area (Å²) in [6.45, 7) is 3.29. The summed E-state index contributed by atoms with van der Waals surface area (Å²) in [6, 6.07) is 10.4. The van der Waals surface area contributed by atoms with Crippen LogP contribution in [0.1, 0.15) is 28.6 Å². The minimum atomic E-state index is -0.745. The number of fused-ring (bicyclic) bond motifs is 1. The molecule has 1 heterocycles. The van der Waals surface area contributed by atoms with Crippen LogP contribution in [-0.4, -0.2) is 11.6 Å². The van der Waals surface area contributed by atoms with E-state index in [0.29, 0.717) is 11.1 Å².